The molecule has 0 radical (unpaired) electrons. The normalized spacial score (nSPS) is 12.0. The van der Waals surface area contributed by atoms with Gasteiger partial charge in [-0.15, -0.1) is 0 Å². The zero-order chi connectivity index (χ0) is 25.3. The van der Waals surface area contributed by atoms with Crippen molar-refractivity contribution in [1.82, 2.24) is 10.2 Å². The van der Waals surface area contributed by atoms with E-state index in [9.17, 15) is 22.4 Å². The number of likely N-dealkylation sites (N-methyl/N-ethyl adjacent to an activating group) is 1. The Balaban J connectivity index is 2.13. The fourth-order valence-corrected chi connectivity index (χ4v) is 4.41. The molecule has 0 aliphatic rings. The number of hydrogen-bond donors (Lipinski definition) is 1. The largest absolute Gasteiger partial charge is 0.497 e. The molecule has 1 N–H and O–H groups in total. The van der Waals surface area contributed by atoms with Gasteiger partial charge in [0.15, 0.2) is 0 Å². The Morgan fingerprint density at radius 2 is 1.71 bits per heavy atom. The molecule has 34 heavy (non-hydrogen) atoms. The standard InChI is InChI=1S/C24H32FN3O5S/c1-5-26-24(30)18(2)27(17-19-8-10-20(25)11-9-19)23(29)7-6-16-28(34(4,31)32)21-12-14-22(33-3)15-13-21/h8-15,18H,5-7,16-17H2,1-4H3,(H,26,30). The van der Waals surface area contributed by atoms with Gasteiger partial charge in [-0.3, -0.25) is 13.9 Å². The second-order valence-electron chi connectivity index (χ2n) is 7.86. The molecule has 0 heterocycles. The van der Waals surface area contributed by atoms with Crippen molar-refractivity contribution < 1.29 is 27.1 Å². The van der Waals surface area contributed by atoms with Crippen LogP contribution in [0.25, 0.3) is 0 Å². The number of sulfonamides is 1. The van der Waals surface area contributed by atoms with Gasteiger partial charge in [-0.25, -0.2) is 12.8 Å². The average molecular weight is 494 g/mol. The molecular weight excluding hydrogens is 461 g/mol. The van der Waals surface area contributed by atoms with Crippen molar-refractivity contribution >= 4 is 27.5 Å². The van der Waals surface area contributed by atoms with Crippen LogP contribution in [-0.4, -0.2) is 57.6 Å². The third-order valence-corrected chi connectivity index (χ3v) is 6.49. The molecule has 2 rings (SSSR count). The molecule has 0 saturated carbocycles. The van der Waals surface area contributed by atoms with Gasteiger partial charge in [-0.1, -0.05) is 12.1 Å². The highest BCUT2D eigenvalue weighted by Crippen LogP contribution is 2.22. The van der Waals surface area contributed by atoms with Crippen LogP contribution in [-0.2, 0) is 26.2 Å². The van der Waals surface area contributed by atoms with E-state index in [1.807, 2.05) is 0 Å². The summed E-state index contributed by atoms with van der Waals surface area (Å²) in [6.45, 7) is 4.07. The van der Waals surface area contributed by atoms with E-state index < -0.39 is 21.9 Å². The summed E-state index contributed by atoms with van der Waals surface area (Å²) in [6, 6.07) is 11.6. The summed E-state index contributed by atoms with van der Waals surface area (Å²) >= 11 is 0. The van der Waals surface area contributed by atoms with Crippen LogP contribution in [0.3, 0.4) is 0 Å². The van der Waals surface area contributed by atoms with Crippen LogP contribution in [0, 0.1) is 5.82 Å². The SMILES string of the molecule is CCNC(=O)C(C)N(Cc1ccc(F)cc1)C(=O)CCCN(c1ccc(OC)cc1)S(C)(=O)=O. The number of amides is 2. The van der Waals surface area contributed by atoms with Gasteiger partial charge in [0, 0.05) is 26.1 Å². The van der Waals surface area contributed by atoms with Gasteiger partial charge in [-0.2, -0.15) is 0 Å². The molecular formula is C24H32FN3O5S. The Bertz CT molecular complexity index is 1060. The van der Waals surface area contributed by atoms with E-state index in [-0.39, 0.29) is 37.7 Å². The number of benzene rings is 2. The predicted molar refractivity (Wildman–Crippen MR) is 130 cm³/mol. The molecule has 186 valence electrons. The van der Waals surface area contributed by atoms with Gasteiger partial charge in [0.25, 0.3) is 0 Å². The minimum atomic E-state index is -3.58. The summed E-state index contributed by atoms with van der Waals surface area (Å²) in [4.78, 5) is 27.0. The van der Waals surface area contributed by atoms with Gasteiger partial charge < -0.3 is 15.0 Å². The summed E-state index contributed by atoms with van der Waals surface area (Å²) in [7, 11) is -2.06. The topological polar surface area (TPSA) is 96.0 Å². The van der Waals surface area contributed by atoms with Gasteiger partial charge in [-0.05, 0) is 62.2 Å². The van der Waals surface area contributed by atoms with E-state index in [1.54, 1.807) is 50.2 Å². The van der Waals surface area contributed by atoms with Gasteiger partial charge in [0.1, 0.15) is 17.6 Å². The van der Waals surface area contributed by atoms with Crippen molar-refractivity contribution in [2.24, 2.45) is 0 Å². The molecule has 8 nitrogen and oxygen atoms in total. The van der Waals surface area contributed by atoms with Crippen LogP contribution in [0.5, 0.6) is 5.75 Å². The van der Waals surface area contributed by atoms with Crippen molar-refractivity contribution in [1.29, 1.82) is 0 Å². The Morgan fingerprint density at radius 3 is 2.24 bits per heavy atom. The number of methoxy groups -OCH3 is 1. The lowest BCUT2D eigenvalue weighted by Crippen LogP contribution is -2.47. The van der Waals surface area contributed by atoms with Gasteiger partial charge >= 0.3 is 0 Å². The Hall–Kier alpha value is -3.14. The first-order chi connectivity index (χ1) is 16.1. The molecule has 10 heteroatoms. The smallest absolute Gasteiger partial charge is 0.242 e. The van der Waals surface area contributed by atoms with Crippen LogP contribution in [0.15, 0.2) is 48.5 Å². The predicted octanol–water partition coefficient (Wildman–Crippen LogP) is 2.93. The first-order valence-corrected chi connectivity index (χ1v) is 12.8. The van der Waals surface area contributed by atoms with Crippen LogP contribution in [0.4, 0.5) is 10.1 Å². The minimum Gasteiger partial charge on any atom is -0.497 e. The van der Waals surface area contributed by atoms with Crippen LogP contribution in [0.1, 0.15) is 32.3 Å². The van der Waals surface area contributed by atoms with Crippen LogP contribution in [0.2, 0.25) is 0 Å². The molecule has 2 amide bonds. The minimum absolute atomic E-state index is 0.0348. The summed E-state index contributed by atoms with van der Waals surface area (Å²) in [6.07, 6.45) is 1.39. The number of carbonyl (C=O) groups is 2. The molecule has 0 aromatic heterocycles. The lowest BCUT2D eigenvalue weighted by Gasteiger charge is -2.29. The number of rotatable bonds is 12. The van der Waals surface area contributed by atoms with Crippen molar-refractivity contribution in [3.05, 3.63) is 59.9 Å². The highest BCUT2D eigenvalue weighted by Gasteiger charge is 2.26. The number of ether oxygens (including phenoxy) is 1. The van der Waals surface area contributed by atoms with Crippen LogP contribution >= 0.6 is 0 Å². The highest BCUT2D eigenvalue weighted by molar-refractivity contribution is 7.92. The molecule has 0 saturated heterocycles. The molecule has 0 fully saturated rings. The number of halogens is 1. The van der Waals surface area contributed by atoms with E-state index in [4.69, 9.17) is 4.74 Å². The third kappa shape index (κ3) is 7.72. The second kappa shape index (κ2) is 12.4. The first-order valence-electron chi connectivity index (χ1n) is 11.0. The maximum absolute atomic E-state index is 13.3. The molecule has 2 aromatic rings. The maximum atomic E-state index is 13.3. The molecule has 0 aliphatic heterocycles. The van der Waals surface area contributed by atoms with Crippen molar-refractivity contribution in [2.75, 3.05) is 30.8 Å². The average Bonchev–Trinajstić information content (AvgIpc) is 2.80. The zero-order valence-corrected chi connectivity index (χ0v) is 20.8. The van der Waals surface area contributed by atoms with E-state index in [0.717, 1.165) is 6.26 Å². The van der Waals surface area contributed by atoms with E-state index in [0.29, 0.717) is 23.5 Å². The van der Waals surface area contributed by atoms with Crippen molar-refractivity contribution in [3.63, 3.8) is 0 Å². The highest BCUT2D eigenvalue weighted by atomic mass is 32.2. The lowest BCUT2D eigenvalue weighted by atomic mass is 10.1. The molecule has 1 unspecified atom stereocenters. The second-order valence-corrected chi connectivity index (χ2v) is 9.76. The van der Waals surface area contributed by atoms with E-state index in [2.05, 4.69) is 5.32 Å². The molecule has 1 atom stereocenters. The van der Waals surface area contributed by atoms with Gasteiger partial charge in [0.2, 0.25) is 21.8 Å². The molecule has 0 spiro atoms. The quantitative estimate of drug-likeness (QED) is 0.491. The number of hydrogen-bond acceptors (Lipinski definition) is 5. The Morgan fingerprint density at radius 1 is 1.09 bits per heavy atom. The van der Waals surface area contributed by atoms with Crippen LogP contribution < -0.4 is 14.4 Å². The van der Waals surface area contributed by atoms with E-state index in [1.165, 1.54) is 28.4 Å². The number of carbonyl (C=O) groups excluding carboxylic acids is 2. The third-order valence-electron chi connectivity index (χ3n) is 5.30. The Kier molecular flexibility index (Phi) is 9.85. The fraction of sp³-hybridized carbons (Fsp3) is 0.417. The maximum Gasteiger partial charge on any atom is 0.242 e. The molecule has 2 aromatic carbocycles. The molecule has 0 aliphatic carbocycles. The number of nitrogens with zero attached hydrogens (tertiary/aromatic N) is 2. The van der Waals surface area contributed by atoms with Crippen molar-refractivity contribution in [2.45, 2.75) is 39.3 Å². The summed E-state index contributed by atoms with van der Waals surface area (Å²) in [5.41, 5.74) is 1.15. The van der Waals surface area contributed by atoms with Crippen molar-refractivity contribution in [3.8, 4) is 5.75 Å². The summed E-state index contributed by atoms with van der Waals surface area (Å²) in [5, 5.41) is 2.71. The Labute approximate surface area is 200 Å². The number of nitrogens with one attached hydrogen (secondary N) is 1. The van der Waals surface area contributed by atoms with E-state index >= 15 is 0 Å². The fourth-order valence-electron chi connectivity index (χ4n) is 3.44. The summed E-state index contributed by atoms with van der Waals surface area (Å²) in [5.74, 6) is -0.388. The molecule has 0 bridgehead atoms. The number of anilines is 1. The summed E-state index contributed by atoms with van der Waals surface area (Å²) < 4.78 is 44.3. The first kappa shape index (κ1) is 27.1. The lowest BCUT2D eigenvalue weighted by molar-refractivity contribution is -0.140. The van der Waals surface area contributed by atoms with Gasteiger partial charge in [0.05, 0.1) is 19.1 Å². The monoisotopic (exact) mass is 493 g/mol. The zero-order valence-electron chi connectivity index (χ0n) is 20.0.